The lowest BCUT2D eigenvalue weighted by Crippen LogP contribution is -2.31. The van der Waals surface area contributed by atoms with Crippen molar-refractivity contribution in [3.8, 4) is 0 Å². The van der Waals surface area contributed by atoms with Crippen LogP contribution in [0, 0.1) is 0 Å². The van der Waals surface area contributed by atoms with Crippen molar-refractivity contribution in [2.75, 3.05) is 6.61 Å². The number of hydrogen-bond acceptors (Lipinski definition) is 3. The highest BCUT2D eigenvalue weighted by atomic mass is 16.7. The zero-order valence-electron chi connectivity index (χ0n) is 6.29. The third-order valence-corrected chi connectivity index (χ3v) is 1.14. The van der Waals surface area contributed by atoms with Crippen LogP contribution in [-0.4, -0.2) is 11.8 Å². The number of nitrogens with zero attached hydrogens (tertiary/aromatic N) is 1. The van der Waals surface area contributed by atoms with Crippen LogP contribution in [0.2, 0.25) is 0 Å². The quantitative estimate of drug-likeness (QED) is 0.623. The van der Waals surface area contributed by atoms with Crippen molar-refractivity contribution in [3.05, 3.63) is 24.0 Å². The first-order valence-electron chi connectivity index (χ1n) is 3.36. The van der Waals surface area contributed by atoms with Gasteiger partial charge in [0.05, 0.1) is 12.8 Å². The summed E-state index contributed by atoms with van der Waals surface area (Å²) in [6.07, 6.45) is 5.71. The zero-order valence-corrected chi connectivity index (χ0v) is 6.29. The molecule has 1 N–H and O–H groups in total. The summed E-state index contributed by atoms with van der Waals surface area (Å²) < 4.78 is 0. The van der Waals surface area contributed by atoms with E-state index < -0.39 is 0 Å². The average molecular weight is 140 g/mol. The molecule has 0 aromatic rings. The Balaban J connectivity index is 2.43. The molecular formula is C7H12N2O. The molecule has 1 aliphatic heterocycles. The molecule has 1 rings (SSSR count). The van der Waals surface area contributed by atoms with E-state index in [2.05, 4.69) is 5.43 Å². The van der Waals surface area contributed by atoms with Crippen molar-refractivity contribution >= 4 is 0 Å². The number of hydrogen-bond donors (Lipinski definition) is 1. The highest BCUT2D eigenvalue weighted by Crippen LogP contribution is 2.01. The fourth-order valence-electron chi connectivity index (χ4n) is 0.721. The molecule has 0 amide bonds. The molecule has 1 aliphatic rings. The van der Waals surface area contributed by atoms with E-state index in [1.165, 1.54) is 5.57 Å². The first kappa shape index (κ1) is 7.15. The third kappa shape index (κ3) is 1.77. The molecule has 0 aromatic heterocycles. The number of rotatable bonds is 2. The van der Waals surface area contributed by atoms with E-state index in [4.69, 9.17) is 4.84 Å². The average Bonchev–Trinajstić information content (AvgIpc) is 1.88. The van der Waals surface area contributed by atoms with Crippen molar-refractivity contribution in [1.29, 1.82) is 0 Å². The summed E-state index contributed by atoms with van der Waals surface area (Å²) in [5.41, 5.74) is 4.08. The maximum Gasteiger partial charge on any atom is 0.0742 e. The van der Waals surface area contributed by atoms with E-state index in [1.807, 2.05) is 32.3 Å². The lowest BCUT2D eigenvalue weighted by molar-refractivity contribution is -0.143. The maximum absolute atomic E-state index is 5.15. The molecule has 0 atom stereocenters. The molecule has 0 fully saturated rings. The van der Waals surface area contributed by atoms with Gasteiger partial charge in [-0.1, -0.05) is 0 Å². The Bertz CT molecular complexity index is 163. The molecule has 3 heteroatoms. The van der Waals surface area contributed by atoms with Gasteiger partial charge in [0.15, 0.2) is 0 Å². The molecule has 0 bridgehead atoms. The van der Waals surface area contributed by atoms with Crippen LogP contribution >= 0.6 is 0 Å². The van der Waals surface area contributed by atoms with Gasteiger partial charge in [0, 0.05) is 6.20 Å². The van der Waals surface area contributed by atoms with Crippen LogP contribution in [0.5, 0.6) is 0 Å². The molecular weight excluding hydrogens is 128 g/mol. The summed E-state index contributed by atoms with van der Waals surface area (Å²) in [7, 11) is 0. The zero-order chi connectivity index (χ0) is 7.40. The van der Waals surface area contributed by atoms with Crippen molar-refractivity contribution in [3.63, 3.8) is 0 Å². The Morgan fingerprint density at radius 3 is 3.10 bits per heavy atom. The minimum absolute atomic E-state index is 0.671. The predicted octanol–water partition coefficient (Wildman–Crippen LogP) is 1.18. The summed E-state index contributed by atoms with van der Waals surface area (Å²) in [6, 6.07) is 0. The van der Waals surface area contributed by atoms with Crippen molar-refractivity contribution in [2.24, 2.45) is 0 Å². The highest BCUT2D eigenvalue weighted by Gasteiger charge is 1.98. The number of nitrogens with one attached hydrogen (secondary N) is 1. The Kier molecular flexibility index (Phi) is 2.34. The molecule has 0 saturated heterocycles. The van der Waals surface area contributed by atoms with E-state index >= 15 is 0 Å². The fraction of sp³-hybridized carbons (Fsp3) is 0.429. The minimum atomic E-state index is 0.671. The van der Waals surface area contributed by atoms with E-state index in [-0.39, 0.29) is 0 Å². The van der Waals surface area contributed by atoms with Gasteiger partial charge in [0.1, 0.15) is 0 Å². The second kappa shape index (κ2) is 3.27. The Morgan fingerprint density at radius 2 is 2.50 bits per heavy atom. The van der Waals surface area contributed by atoms with E-state index in [9.17, 15) is 0 Å². The highest BCUT2D eigenvalue weighted by molar-refractivity contribution is 5.16. The summed E-state index contributed by atoms with van der Waals surface area (Å²) in [5, 5.41) is 1.59. The maximum atomic E-state index is 5.15. The van der Waals surface area contributed by atoms with E-state index in [1.54, 1.807) is 5.17 Å². The van der Waals surface area contributed by atoms with Crippen LogP contribution in [0.4, 0.5) is 0 Å². The SMILES string of the molecule is CCON1C=C(C)C=CN1. The first-order valence-corrected chi connectivity index (χ1v) is 3.36. The molecule has 0 aliphatic carbocycles. The molecule has 0 unspecified atom stereocenters. The second-order valence-corrected chi connectivity index (χ2v) is 2.08. The molecule has 1 heterocycles. The molecule has 0 saturated carbocycles. The van der Waals surface area contributed by atoms with Gasteiger partial charge < -0.3 is 0 Å². The first-order chi connectivity index (χ1) is 4.83. The van der Waals surface area contributed by atoms with Crippen LogP contribution in [0.1, 0.15) is 13.8 Å². The van der Waals surface area contributed by atoms with Gasteiger partial charge in [-0.25, -0.2) is 0 Å². The summed E-state index contributed by atoms with van der Waals surface area (Å²) in [6.45, 7) is 4.64. The van der Waals surface area contributed by atoms with Gasteiger partial charge in [-0.2, -0.15) is 5.17 Å². The fourth-order valence-corrected chi connectivity index (χ4v) is 0.721. The second-order valence-electron chi connectivity index (χ2n) is 2.08. The van der Waals surface area contributed by atoms with Gasteiger partial charge in [0.25, 0.3) is 0 Å². The van der Waals surface area contributed by atoms with E-state index in [0.29, 0.717) is 6.61 Å². The van der Waals surface area contributed by atoms with Gasteiger partial charge in [-0.3, -0.25) is 10.3 Å². The van der Waals surface area contributed by atoms with Crippen LogP contribution in [0.25, 0.3) is 0 Å². The number of allylic oxidation sites excluding steroid dienone is 2. The van der Waals surface area contributed by atoms with Crippen molar-refractivity contribution in [2.45, 2.75) is 13.8 Å². The van der Waals surface area contributed by atoms with Crippen LogP contribution < -0.4 is 5.43 Å². The molecule has 0 radical (unpaired) electrons. The van der Waals surface area contributed by atoms with Gasteiger partial charge in [-0.15, -0.1) is 0 Å². The summed E-state index contributed by atoms with van der Waals surface area (Å²) >= 11 is 0. The largest absolute Gasteiger partial charge is 0.282 e. The summed E-state index contributed by atoms with van der Waals surface area (Å²) in [5.74, 6) is 0. The monoisotopic (exact) mass is 140 g/mol. The standard InChI is InChI=1S/C7H12N2O/c1-3-10-9-6-7(2)4-5-8-9/h4-6,8H,3H2,1-2H3. The van der Waals surface area contributed by atoms with Gasteiger partial charge in [-0.05, 0) is 25.5 Å². The number of hydrazine groups is 1. The predicted molar refractivity (Wildman–Crippen MR) is 39.5 cm³/mol. The lowest BCUT2D eigenvalue weighted by atomic mass is 10.3. The van der Waals surface area contributed by atoms with Crippen LogP contribution in [0.15, 0.2) is 24.0 Å². The molecule has 10 heavy (non-hydrogen) atoms. The molecule has 56 valence electrons. The van der Waals surface area contributed by atoms with Gasteiger partial charge in [0.2, 0.25) is 0 Å². The number of hydroxylamine groups is 1. The van der Waals surface area contributed by atoms with Crippen LogP contribution in [0.3, 0.4) is 0 Å². The van der Waals surface area contributed by atoms with Crippen molar-refractivity contribution in [1.82, 2.24) is 10.6 Å². The molecule has 3 nitrogen and oxygen atoms in total. The molecule has 0 aromatic carbocycles. The Hall–Kier alpha value is -0.960. The third-order valence-electron chi connectivity index (χ3n) is 1.14. The minimum Gasteiger partial charge on any atom is -0.282 e. The van der Waals surface area contributed by atoms with Gasteiger partial charge >= 0.3 is 0 Å². The lowest BCUT2D eigenvalue weighted by Gasteiger charge is -2.21. The normalized spacial score (nSPS) is 16.6. The van der Waals surface area contributed by atoms with E-state index in [0.717, 1.165) is 0 Å². The Morgan fingerprint density at radius 1 is 1.70 bits per heavy atom. The topological polar surface area (TPSA) is 24.5 Å². The summed E-state index contributed by atoms with van der Waals surface area (Å²) in [4.78, 5) is 5.15. The smallest absolute Gasteiger partial charge is 0.0742 e. The molecule has 0 spiro atoms. The van der Waals surface area contributed by atoms with Crippen LogP contribution in [-0.2, 0) is 4.84 Å². The van der Waals surface area contributed by atoms with Crippen molar-refractivity contribution < 1.29 is 4.84 Å². The Labute approximate surface area is 60.9 Å².